The minimum atomic E-state index is -2.32. The van der Waals surface area contributed by atoms with Crippen molar-refractivity contribution in [1.82, 2.24) is 0 Å². The minimum Gasteiger partial charge on any atom is -0.428 e. The van der Waals surface area contributed by atoms with Gasteiger partial charge in [-0.15, -0.1) is 13.2 Å². The Morgan fingerprint density at radius 2 is 1.71 bits per heavy atom. The van der Waals surface area contributed by atoms with Crippen LogP contribution < -0.4 is 0 Å². The van der Waals surface area contributed by atoms with Crippen LogP contribution in [0, 0.1) is 0 Å². The summed E-state index contributed by atoms with van der Waals surface area (Å²) in [4.78, 5) is 8.95. The summed E-state index contributed by atoms with van der Waals surface area (Å²) in [5, 5.41) is 0. The second-order valence-corrected chi connectivity index (χ2v) is 6.10. The molecule has 3 radical (unpaired) electrons. The first-order valence-electron chi connectivity index (χ1n) is 1.87. The quantitative estimate of drug-likeness (QED) is 0.519. The van der Waals surface area contributed by atoms with E-state index < -0.39 is 7.83 Å². The van der Waals surface area contributed by atoms with Crippen LogP contribution in [0.2, 0.25) is 0 Å². The third-order valence-electron chi connectivity index (χ3n) is 0.622. The molecular weight excluding hydrogens is 120 g/mol. The molecule has 0 fully saturated rings. The summed E-state index contributed by atoms with van der Waals surface area (Å²) in [6, 6.07) is 0. The molecule has 0 amide bonds. The topological polar surface area (TPSA) is 20.2 Å². The van der Waals surface area contributed by atoms with E-state index in [1.165, 1.54) is 11.4 Å². The van der Waals surface area contributed by atoms with Crippen LogP contribution in [-0.2, 0) is 0 Å². The van der Waals surface area contributed by atoms with Crippen molar-refractivity contribution < 1.29 is 4.80 Å². The van der Waals surface area contributed by atoms with Crippen molar-refractivity contribution in [3.8, 4) is 0 Å². The third kappa shape index (κ3) is 2.55. The highest BCUT2D eigenvalue weighted by Gasteiger charge is 2.11. The molecule has 0 aromatic heterocycles. The minimum absolute atomic E-state index is 1.48. The first-order chi connectivity index (χ1) is 3.12. The summed E-state index contributed by atoms with van der Waals surface area (Å²) in [7, 11) is 0.768. The van der Waals surface area contributed by atoms with Crippen LogP contribution in [0.25, 0.3) is 0 Å². The average molecular weight is 127 g/mol. The van der Waals surface area contributed by atoms with Gasteiger partial charge in [0, 0.05) is 0 Å². The van der Waals surface area contributed by atoms with Crippen LogP contribution in [0.3, 0.4) is 0 Å². The van der Waals surface area contributed by atoms with Gasteiger partial charge in [-0.1, -0.05) is 11.4 Å². The zero-order chi connectivity index (χ0) is 5.91. The molecule has 3 heteroatoms. The van der Waals surface area contributed by atoms with Crippen molar-refractivity contribution in [1.29, 1.82) is 0 Å². The summed E-state index contributed by atoms with van der Waals surface area (Å²) in [5.41, 5.74) is 2.97. The van der Waals surface area contributed by atoms with Crippen LogP contribution >= 0.6 is 0 Å². The molecule has 0 aromatic carbocycles. The molecule has 37 valence electrons. The van der Waals surface area contributed by atoms with E-state index in [-0.39, 0.29) is 0 Å². The lowest BCUT2D eigenvalue weighted by molar-refractivity contribution is 0.589. The van der Waals surface area contributed by atoms with Crippen molar-refractivity contribution >= 4 is 17.6 Å². The Balaban J connectivity index is 3.82. The molecule has 0 unspecified atom stereocenters. The van der Waals surface area contributed by atoms with Crippen LogP contribution in [0.1, 0.15) is 0 Å². The summed E-state index contributed by atoms with van der Waals surface area (Å²) in [5.74, 6) is 0. The van der Waals surface area contributed by atoms with E-state index in [0.29, 0.717) is 0 Å². The molecule has 0 aromatic rings. The van der Waals surface area contributed by atoms with Gasteiger partial charge in [-0.25, -0.2) is 0 Å². The van der Waals surface area contributed by atoms with Crippen molar-refractivity contribution in [3.05, 3.63) is 24.6 Å². The van der Waals surface area contributed by atoms with E-state index in [4.69, 9.17) is 4.80 Å². The Hall–Kier alpha value is -0.126. The number of hydrogen-bond acceptors (Lipinski definition) is 1. The molecule has 0 atom stereocenters. The zero-order valence-electron chi connectivity index (χ0n) is 4.02. The Morgan fingerprint density at radius 3 is 1.71 bits per heavy atom. The fourth-order valence-electron chi connectivity index (χ4n) is 0.0833. The summed E-state index contributed by atoms with van der Waals surface area (Å²) < 4.78 is 0. The van der Waals surface area contributed by atoms with Crippen LogP contribution in [0.15, 0.2) is 24.6 Å². The lowest BCUT2D eigenvalue weighted by Crippen LogP contribution is -2.29. The van der Waals surface area contributed by atoms with Crippen molar-refractivity contribution in [2.24, 2.45) is 0 Å². The van der Waals surface area contributed by atoms with Gasteiger partial charge in [0.1, 0.15) is 0 Å². The highest BCUT2D eigenvalue weighted by molar-refractivity contribution is 7.18. The summed E-state index contributed by atoms with van der Waals surface area (Å²) >= 11 is 0. The van der Waals surface area contributed by atoms with Crippen molar-refractivity contribution in [2.75, 3.05) is 0 Å². The van der Waals surface area contributed by atoms with Crippen LogP contribution in [-0.4, -0.2) is 22.4 Å². The van der Waals surface area contributed by atoms with Crippen molar-refractivity contribution in [3.63, 3.8) is 0 Å². The van der Waals surface area contributed by atoms with E-state index in [9.17, 15) is 0 Å². The van der Waals surface area contributed by atoms with Gasteiger partial charge in [0.25, 0.3) is 0 Å². The van der Waals surface area contributed by atoms with E-state index in [2.05, 4.69) is 22.9 Å². The molecule has 0 rings (SSSR count). The summed E-state index contributed by atoms with van der Waals surface area (Å²) in [6.07, 6.45) is 0. The van der Waals surface area contributed by atoms with Gasteiger partial charge in [0.2, 0.25) is 7.83 Å². The normalized spacial score (nSPS) is 10.6. The van der Waals surface area contributed by atoms with Crippen molar-refractivity contribution in [2.45, 2.75) is 0 Å². The van der Waals surface area contributed by atoms with Gasteiger partial charge in [0.15, 0.2) is 0 Å². The predicted octanol–water partition coefficient (Wildman–Crippen LogP) is 0.0398. The molecule has 0 aliphatic rings. The Bertz CT molecular complexity index is 77.7. The highest BCUT2D eigenvalue weighted by atomic mass is 29.2. The fourth-order valence-corrected chi connectivity index (χ4v) is 0.250. The monoisotopic (exact) mass is 127 g/mol. The maximum atomic E-state index is 8.95. The van der Waals surface area contributed by atoms with Gasteiger partial charge in [0.05, 0.1) is 9.76 Å². The maximum Gasteiger partial charge on any atom is 0.212 e. The first kappa shape index (κ1) is 6.87. The Labute approximate surface area is 47.7 Å². The second kappa shape index (κ2) is 2.25. The van der Waals surface area contributed by atoms with E-state index in [0.717, 1.165) is 0 Å². The maximum absolute atomic E-state index is 8.95. The molecule has 0 spiro atoms. The molecule has 0 saturated carbocycles. The van der Waals surface area contributed by atoms with Gasteiger partial charge in [-0.3, -0.25) is 0 Å². The highest BCUT2D eigenvalue weighted by Crippen LogP contribution is 1.90. The first-order valence-corrected chi connectivity index (χ1v) is 5.47. The molecular formula is C4H7OSi2. The lowest BCUT2D eigenvalue weighted by atomic mass is 11.2. The van der Waals surface area contributed by atoms with Gasteiger partial charge in [-0.05, 0) is 0 Å². The fraction of sp³-hybridized carbons (Fsp3) is 0. The zero-order valence-corrected chi connectivity index (χ0v) is 6.02. The van der Waals surface area contributed by atoms with Gasteiger partial charge < -0.3 is 4.80 Å². The molecule has 0 aliphatic carbocycles. The Morgan fingerprint density at radius 1 is 1.43 bits per heavy atom. The lowest BCUT2D eigenvalue weighted by Gasteiger charge is -2.05. The summed E-state index contributed by atoms with van der Waals surface area (Å²) in [6.45, 7) is 6.79. The molecule has 0 saturated heterocycles. The second-order valence-electron chi connectivity index (χ2n) is 1.23. The SMILES string of the molecule is C=C[Si](O)([Si])C=C. The Kier molecular flexibility index (Phi) is 2.21. The van der Waals surface area contributed by atoms with Crippen LogP contribution in [0.4, 0.5) is 0 Å². The van der Waals surface area contributed by atoms with Gasteiger partial charge >= 0.3 is 0 Å². The largest absolute Gasteiger partial charge is 0.428 e. The molecule has 0 heterocycles. The predicted molar refractivity (Wildman–Crippen MR) is 34.1 cm³/mol. The van der Waals surface area contributed by atoms with Crippen LogP contribution in [0.5, 0.6) is 0 Å². The molecule has 1 nitrogen and oxygen atoms in total. The average Bonchev–Trinajstić information content (AvgIpc) is 1.68. The van der Waals surface area contributed by atoms with E-state index >= 15 is 0 Å². The molecule has 1 N–H and O–H groups in total. The molecule has 0 aliphatic heterocycles. The smallest absolute Gasteiger partial charge is 0.212 e. The van der Waals surface area contributed by atoms with E-state index in [1.807, 2.05) is 0 Å². The van der Waals surface area contributed by atoms with E-state index in [1.54, 1.807) is 0 Å². The molecule has 7 heavy (non-hydrogen) atoms. The molecule has 0 bridgehead atoms. The van der Waals surface area contributed by atoms with Gasteiger partial charge in [-0.2, -0.15) is 0 Å². The standard InChI is InChI=1S/C4H7OSi2/c1-3-7(5,6)4-2/h3-5H,1-2H2. The number of hydrogen-bond donors (Lipinski definition) is 1. The third-order valence-corrected chi connectivity index (χ3v) is 3.09. The number of rotatable bonds is 2.